The van der Waals surface area contributed by atoms with Gasteiger partial charge in [0.1, 0.15) is 0 Å². The lowest BCUT2D eigenvalue weighted by Crippen LogP contribution is -2.47. The third kappa shape index (κ3) is 2.85. The van der Waals surface area contributed by atoms with Gasteiger partial charge in [-0.15, -0.1) is 0 Å². The summed E-state index contributed by atoms with van der Waals surface area (Å²) in [5.74, 6) is -0.493. The molecule has 0 aromatic rings. The molecule has 2 aliphatic rings. The van der Waals surface area contributed by atoms with Gasteiger partial charge in [-0.25, -0.2) is 0 Å². The molecular weight excluding hydrogens is 244 g/mol. The van der Waals surface area contributed by atoms with E-state index in [-0.39, 0.29) is 29.7 Å². The van der Waals surface area contributed by atoms with Crippen molar-refractivity contribution in [1.29, 1.82) is 0 Å². The van der Waals surface area contributed by atoms with E-state index in [1.165, 1.54) is 17.1 Å². The molecule has 2 rings (SSSR count). The molecule has 0 aromatic heterocycles. The first kappa shape index (κ1) is 13.8. The SMILES string of the molecule is CC(C)CNC(=O)[C@H]1CCC[C@@H]1N1C(=O)C=CC1=O. The van der Waals surface area contributed by atoms with Gasteiger partial charge in [0.25, 0.3) is 11.8 Å². The van der Waals surface area contributed by atoms with Crippen LogP contribution in [-0.4, -0.2) is 35.2 Å². The van der Waals surface area contributed by atoms with E-state index in [1.807, 2.05) is 13.8 Å². The van der Waals surface area contributed by atoms with Gasteiger partial charge >= 0.3 is 0 Å². The Balaban J connectivity index is 2.03. The number of amides is 3. The van der Waals surface area contributed by atoms with E-state index in [1.54, 1.807) is 0 Å². The lowest BCUT2D eigenvalue weighted by atomic mass is 10.0. The second-order valence-corrected chi connectivity index (χ2v) is 5.62. The van der Waals surface area contributed by atoms with Gasteiger partial charge in [-0.2, -0.15) is 0 Å². The number of imide groups is 1. The fourth-order valence-corrected chi connectivity index (χ4v) is 2.73. The third-order valence-corrected chi connectivity index (χ3v) is 3.68. The zero-order chi connectivity index (χ0) is 14.0. The number of carbonyl (C=O) groups excluding carboxylic acids is 3. The van der Waals surface area contributed by atoms with Crippen molar-refractivity contribution in [1.82, 2.24) is 10.2 Å². The number of carbonyl (C=O) groups is 3. The largest absolute Gasteiger partial charge is 0.356 e. The van der Waals surface area contributed by atoms with Crippen LogP contribution in [0.2, 0.25) is 0 Å². The number of nitrogens with zero attached hydrogens (tertiary/aromatic N) is 1. The first-order valence-electron chi connectivity index (χ1n) is 6.83. The van der Waals surface area contributed by atoms with Crippen LogP contribution in [0, 0.1) is 11.8 Å². The standard InChI is InChI=1S/C14H20N2O3/c1-9(2)8-15-14(19)10-4-3-5-11(10)16-12(17)6-7-13(16)18/h6-7,9-11H,3-5,8H2,1-2H3,(H,15,19)/t10-,11-/m0/s1. The number of hydrogen-bond donors (Lipinski definition) is 1. The maximum atomic E-state index is 12.1. The van der Waals surface area contributed by atoms with Crippen LogP contribution in [0.5, 0.6) is 0 Å². The van der Waals surface area contributed by atoms with Crippen LogP contribution in [0.15, 0.2) is 12.2 Å². The highest BCUT2D eigenvalue weighted by Crippen LogP contribution is 2.31. The first-order chi connectivity index (χ1) is 9.00. The molecule has 5 heteroatoms. The summed E-state index contributed by atoms with van der Waals surface area (Å²) in [6.07, 6.45) is 4.90. The van der Waals surface area contributed by atoms with Crippen molar-refractivity contribution >= 4 is 17.7 Å². The Kier molecular flexibility index (Phi) is 4.02. The Morgan fingerprint density at radius 3 is 2.53 bits per heavy atom. The minimum atomic E-state index is -0.293. The number of nitrogens with one attached hydrogen (secondary N) is 1. The number of hydrogen-bond acceptors (Lipinski definition) is 3. The van der Waals surface area contributed by atoms with Gasteiger partial charge in [0, 0.05) is 18.7 Å². The van der Waals surface area contributed by atoms with Crippen molar-refractivity contribution in [3.05, 3.63) is 12.2 Å². The molecule has 0 radical (unpaired) electrons. The van der Waals surface area contributed by atoms with E-state index in [9.17, 15) is 14.4 Å². The average Bonchev–Trinajstić information content (AvgIpc) is 2.93. The van der Waals surface area contributed by atoms with E-state index in [2.05, 4.69) is 5.32 Å². The molecule has 0 bridgehead atoms. The monoisotopic (exact) mass is 264 g/mol. The maximum Gasteiger partial charge on any atom is 0.253 e. The Hall–Kier alpha value is -1.65. The Morgan fingerprint density at radius 1 is 1.32 bits per heavy atom. The van der Waals surface area contributed by atoms with Gasteiger partial charge in [-0.1, -0.05) is 20.3 Å². The van der Waals surface area contributed by atoms with E-state index in [0.29, 0.717) is 12.5 Å². The molecule has 1 aliphatic heterocycles. The van der Waals surface area contributed by atoms with Crippen LogP contribution in [0.4, 0.5) is 0 Å². The molecular formula is C14H20N2O3. The minimum absolute atomic E-state index is 0.0382. The Morgan fingerprint density at radius 2 is 1.95 bits per heavy atom. The van der Waals surface area contributed by atoms with Crippen LogP contribution in [0.25, 0.3) is 0 Å². The Bertz CT molecular complexity index is 410. The lowest BCUT2D eigenvalue weighted by Gasteiger charge is -2.27. The second kappa shape index (κ2) is 5.55. The molecule has 0 saturated heterocycles. The highest BCUT2D eigenvalue weighted by Gasteiger charge is 2.42. The topological polar surface area (TPSA) is 66.5 Å². The van der Waals surface area contributed by atoms with Crippen molar-refractivity contribution in [2.75, 3.05) is 6.54 Å². The molecule has 1 N–H and O–H groups in total. The van der Waals surface area contributed by atoms with Gasteiger partial charge in [0.2, 0.25) is 5.91 Å². The van der Waals surface area contributed by atoms with Crippen molar-refractivity contribution in [2.45, 2.75) is 39.2 Å². The minimum Gasteiger partial charge on any atom is -0.356 e. The predicted molar refractivity (Wildman–Crippen MR) is 70.0 cm³/mol. The van der Waals surface area contributed by atoms with Crippen LogP contribution < -0.4 is 5.32 Å². The summed E-state index contributed by atoms with van der Waals surface area (Å²) in [5.41, 5.74) is 0. The molecule has 1 saturated carbocycles. The van der Waals surface area contributed by atoms with Gasteiger partial charge in [-0.3, -0.25) is 19.3 Å². The predicted octanol–water partition coefficient (Wildman–Crippen LogP) is 0.852. The lowest BCUT2D eigenvalue weighted by molar-refractivity contribution is -0.141. The van der Waals surface area contributed by atoms with E-state index in [4.69, 9.17) is 0 Å². The van der Waals surface area contributed by atoms with Crippen molar-refractivity contribution in [3.8, 4) is 0 Å². The zero-order valence-corrected chi connectivity index (χ0v) is 11.4. The fraction of sp³-hybridized carbons (Fsp3) is 0.643. The molecule has 104 valence electrons. The van der Waals surface area contributed by atoms with Gasteiger partial charge in [0.15, 0.2) is 0 Å². The van der Waals surface area contributed by atoms with Gasteiger partial charge in [-0.05, 0) is 18.8 Å². The number of rotatable bonds is 4. The quantitative estimate of drug-likeness (QED) is 0.766. The average molecular weight is 264 g/mol. The van der Waals surface area contributed by atoms with Crippen LogP contribution >= 0.6 is 0 Å². The highest BCUT2D eigenvalue weighted by atomic mass is 16.2. The van der Waals surface area contributed by atoms with Crippen LogP contribution in [0.1, 0.15) is 33.1 Å². The molecule has 3 amide bonds. The molecule has 0 spiro atoms. The van der Waals surface area contributed by atoms with E-state index < -0.39 is 0 Å². The molecule has 1 aliphatic carbocycles. The zero-order valence-electron chi connectivity index (χ0n) is 11.4. The molecule has 0 unspecified atom stereocenters. The molecule has 19 heavy (non-hydrogen) atoms. The maximum absolute atomic E-state index is 12.1. The normalized spacial score (nSPS) is 26.6. The molecule has 0 aromatic carbocycles. The molecule has 1 fully saturated rings. The molecule has 5 nitrogen and oxygen atoms in total. The third-order valence-electron chi connectivity index (χ3n) is 3.68. The van der Waals surface area contributed by atoms with E-state index in [0.717, 1.165) is 19.3 Å². The van der Waals surface area contributed by atoms with Crippen LogP contribution in [0.3, 0.4) is 0 Å². The Labute approximate surface area is 113 Å². The fourth-order valence-electron chi connectivity index (χ4n) is 2.73. The summed E-state index contributed by atoms with van der Waals surface area (Å²) >= 11 is 0. The smallest absolute Gasteiger partial charge is 0.253 e. The van der Waals surface area contributed by atoms with Gasteiger partial charge < -0.3 is 5.32 Å². The summed E-state index contributed by atoms with van der Waals surface area (Å²) in [4.78, 5) is 36.8. The van der Waals surface area contributed by atoms with Crippen molar-refractivity contribution in [3.63, 3.8) is 0 Å². The molecule has 2 atom stereocenters. The van der Waals surface area contributed by atoms with Crippen molar-refractivity contribution < 1.29 is 14.4 Å². The van der Waals surface area contributed by atoms with Gasteiger partial charge in [0.05, 0.1) is 12.0 Å². The summed E-state index contributed by atoms with van der Waals surface area (Å²) in [7, 11) is 0. The summed E-state index contributed by atoms with van der Waals surface area (Å²) in [6.45, 7) is 4.69. The highest BCUT2D eigenvalue weighted by molar-refractivity contribution is 6.13. The summed E-state index contributed by atoms with van der Waals surface area (Å²) in [6, 6.07) is -0.276. The second-order valence-electron chi connectivity index (χ2n) is 5.62. The van der Waals surface area contributed by atoms with Crippen LogP contribution in [-0.2, 0) is 14.4 Å². The summed E-state index contributed by atoms with van der Waals surface area (Å²) < 4.78 is 0. The van der Waals surface area contributed by atoms with E-state index >= 15 is 0 Å². The summed E-state index contributed by atoms with van der Waals surface area (Å²) in [5, 5.41) is 2.90. The first-order valence-corrected chi connectivity index (χ1v) is 6.83. The molecule has 1 heterocycles. The van der Waals surface area contributed by atoms with Crippen molar-refractivity contribution in [2.24, 2.45) is 11.8 Å².